The SMILES string of the molecule is CNC(C)(C#N)CN1CCS(=O)(=O)CC1C. The van der Waals surface area contributed by atoms with E-state index in [1.54, 1.807) is 7.05 Å². The van der Waals surface area contributed by atoms with Crippen molar-refractivity contribution < 1.29 is 8.42 Å². The first-order valence-electron chi connectivity index (χ1n) is 5.36. The smallest absolute Gasteiger partial charge is 0.153 e. The van der Waals surface area contributed by atoms with Crippen molar-refractivity contribution in [2.24, 2.45) is 0 Å². The van der Waals surface area contributed by atoms with Gasteiger partial charge in [-0.25, -0.2) is 8.42 Å². The van der Waals surface area contributed by atoms with Gasteiger partial charge in [-0.1, -0.05) is 0 Å². The molecule has 1 aliphatic rings. The minimum atomic E-state index is -2.88. The van der Waals surface area contributed by atoms with Crippen LogP contribution in [-0.2, 0) is 9.84 Å². The third kappa shape index (κ3) is 3.17. The van der Waals surface area contributed by atoms with Gasteiger partial charge in [0.05, 0.1) is 17.6 Å². The van der Waals surface area contributed by atoms with E-state index < -0.39 is 15.4 Å². The standard InChI is InChI=1S/C10H19N3O2S/c1-9-6-16(14,15)5-4-13(9)8-10(2,7-11)12-3/h9,12H,4-6,8H2,1-3H3. The number of hydrogen-bond donors (Lipinski definition) is 1. The molecule has 5 nitrogen and oxygen atoms in total. The summed E-state index contributed by atoms with van der Waals surface area (Å²) in [5.41, 5.74) is -0.616. The quantitative estimate of drug-likeness (QED) is 0.733. The van der Waals surface area contributed by atoms with E-state index in [1.807, 2.05) is 13.8 Å². The summed E-state index contributed by atoms with van der Waals surface area (Å²) in [4.78, 5) is 2.06. The number of nitriles is 1. The lowest BCUT2D eigenvalue weighted by Gasteiger charge is -2.37. The maximum absolute atomic E-state index is 11.4. The minimum Gasteiger partial charge on any atom is -0.302 e. The third-order valence-electron chi connectivity index (χ3n) is 3.13. The van der Waals surface area contributed by atoms with Crippen LogP contribution in [0, 0.1) is 11.3 Å². The van der Waals surface area contributed by atoms with Crippen LogP contribution in [0.5, 0.6) is 0 Å². The summed E-state index contributed by atoms with van der Waals surface area (Å²) < 4.78 is 22.8. The molecule has 0 aliphatic carbocycles. The lowest BCUT2D eigenvalue weighted by atomic mass is 10.0. The fourth-order valence-electron chi connectivity index (χ4n) is 1.84. The van der Waals surface area contributed by atoms with E-state index in [4.69, 9.17) is 5.26 Å². The molecule has 92 valence electrons. The maximum atomic E-state index is 11.4. The third-order valence-corrected chi connectivity index (χ3v) is 4.92. The Kier molecular flexibility index (Phi) is 3.94. The Morgan fingerprint density at radius 2 is 2.25 bits per heavy atom. The Labute approximate surface area is 97.3 Å². The molecule has 2 unspecified atom stereocenters. The average molecular weight is 245 g/mol. The predicted molar refractivity (Wildman–Crippen MR) is 62.8 cm³/mol. The Morgan fingerprint density at radius 3 is 2.69 bits per heavy atom. The number of nitrogens with one attached hydrogen (secondary N) is 1. The molecule has 0 aromatic heterocycles. The highest BCUT2D eigenvalue weighted by Crippen LogP contribution is 2.15. The second-order valence-corrected chi connectivity index (χ2v) is 6.86. The highest BCUT2D eigenvalue weighted by atomic mass is 32.2. The zero-order valence-electron chi connectivity index (χ0n) is 10.0. The van der Waals surface area contributed by atoms with E-state index in [0.717, 1.165) is 0 Å². The number of sulfone groups is 1. The van der Waals surface area contributed by atoms with Gasteiger partial charge < -0.3 is 5.32 Å². The van der Waals surface area contributed by atoms with Crippen molar-refractivity contribution in [3.63, 3.8) is 0 Å². The van der Waals surface area contributed by atoms with Crippen molar-refractivity contribution in [3.8, 4) is 6.07 Å². The highest BCUT2D eigenvalue weighted by Gasteiger charge is 2.33. The van der Waals surface area contributed by atoms with Gasteiger partial charge in [-0.15, -0.1) is 0 Å². The molecule has 0 aromatic carbocycles. The average Bonchev–Trinajstić information content (AvgIpc) is 2.21. The Balaban J connectivity index is 2.68. The first-order chi connectivity index (χ1) is 7.32. The summed E-state index contributed by atoms with van der Waals surface area (Å²) in [7, 11) is -1.13. The molecule has 1 heterocycles. The van der Waals surface area contributed by atoms with Crippen LogP contribution in [0.25, 0.3) is 0 Å². The van der Waals surface area contributed by atoms with Crippen LogP contribution in [-0.4, -0.2) is 56.5 Å². The lowest BCUT2D eigenvalue weighted by Crippen LogP contribution is -2.55. The highest BCUT2D eigenvalue weighted by molar-refractivity contribution is 7.91. The van der Waals surface area contributed by atoms with E-state index in [9.17, 15) is 8.42 Å². The van der Waals surface area contributed by atoms with Crippen molar-refractivity contribution in [3.05, 3.63) is 0 Å². The fraction of sp³-hybridized carbons (Fsp3) is 0.900. The first-order valence-corrected chi connectivity index (χ1v) is 7.19. The molecule has 1 saturated heterocycles. The summed E-state index contributed by atoms with van der Waals surface area (Å²) >= 11 is 0. The molecule has 1 fully saturated rings. The molecule has 0 radical (unpaired) electrons. The van der Waals surface area contributed by atoms with Gasteiger partial charge in [-0.3, -0.25) is 4.90 Å². The topological polar surface area (TPSA) is 73.2 Å². The van der Waals surface area contributed by atoms with Gasteiger partial charge in [-0.2, -0.15) is 5.26 Å². The lowest BCUT2D eigenvalue weighted by molar-refractivity contribution is 0.188. The van der Waals surface area contributed by atoms with Gasteiger partial charge in [0.2, 0.25) is 0 Å². The molecular formula is C10H19N3O2S. The molecule has 0 aromatic rings. The van der Waals surface area contributed by atoms with E-state index in [1.165, 1.54) is 0 Å². The van der Waals surface area contributed by atoms with Crippen LogP contribution in [0.1, 0.15) is 13.8 Å². The van der Waals surface area contributed by atoms with E-state index >= 15 is 0 Å². The molecule has 16 heavy (non-hydrogen) atoms. The zero-order valence-corrected chi connectivity index (χ0v) is 10.8. The Hall–Kier alpha value is -0.640. The van der Waals surface area contributed by atoms with E-state index in [-0.39, 0.29) is 17.5 Å². The molecule has 0 spiro atoms. The second kappa shape index (κ2) is 4.70. The summed E-state index contributed by atoms with van der Waals surface area (Å²) in [6, 6.07) is 2.20. The van der Waals surface area contributed by atoms with Crippen molar-refractivity contribution in [1.82, 2.24) is 10.2 Å². The normalized spacial score (nSPS) is 29.2. The van der Waals surface area contributed by atoms with E-state index in [0.29, 0.717) is 13.1 Å². The van der Waals surface area contributed by atoms with Gasteiger partial charge >= 0.3 is 0 Å². The molecule has 2 atom stereocenters. The second-order valence-electron chi connectivity index (χ2n) is 4.63. The fourth-order valence-corrected chi connectivity index (χ4v) is 3.47. The summed E-state index contributed by atoms with van der Waals surface area (Å²) in [5, 5.41) is 12.0. The molecule has 0 amide bonds. The zero-order chi connectivity index (χ0) is 12.4. The number of hydrogen-bond acceptors (Lipinski definition) is 5. The first kappa shape index (κ1) is 13.4. The number of rotatable bonds is 3. The van der Waals surface area contributed by atoms with Crippen LogP contribution < -0.4 is 5.32 Å². The molecule has 0 saturated carbocycles. The van der Waals surface area contributed by atoms with Crippen molar-refractivity contribution in [2.45, 2.75) is 25.4 Å². The van der Waals surface area contributed by atoms with Gasteiger partial charge in [0.1, 0.15) is 5.54 Å². The monoisotopic (exact) mass is 245 g/mol. The van der Waals surface area contributed by atoms with Crippen LogP contribution in [0.15, 0.2) is 0 Å². The van der Waals surface area contributed by atoms with Crippen LogP contribution in [0.4, 0.5) is 0 Å². The van der Waals surface area contributed by atoms with Crippen LogP contribution in [0.2, 0.25) is 0 Å². The van der Waals surface area contributed by atoms with Crippen LogP contribution in [0.3, 0.4) is 0 Å². The van der Waals surface area contributed by atoms with Gasteiger partial charge in [-0.05, 0) is 20.9 Å². The van der Waals surface area contributed by atoms with Gasteiger partial charge in [0, 0.05) is 19.1 Å². The molecule has 1 N–H and O–H groups in total. The Morgan fingerprint density at radius 1 is 1.62 bits per heavy atom. The molecule has 0 bridgehead atoms. The number of likely N-dealkylation sites (N-methyl/N-ethyl adjacent to an activating group) is 1. The van der Waals surface area contributed by atoms with Gasteiger partial charge in [0.25, 0.3) is 0 Å². The molecule has 1 aliphatic heterocycles. The maximum Gasteiger partial charge on any atom is 0.153 e. The number of nitrogens with zero attached hydrogens (tertiary/aromatic N) is 2. The molecular weight excluding hydrogens is 226 g/mol. The molecule has 6 heteroatoms. The summed E-state index contributed by atoms with van der Waals surface area (Å²) in [5.74, 6) is 0.390. The Bertz CT molecular complexity index is 387. The van der Waals surface area contributed by atoms with Gasteiger partial charge in [0.15, 0.2) is 9.84 Å². The van der Waals surface area contributed by atoms with Crippen molar-refractivity contribution >= 4 is 9.84 Å². The van der Waals surface area contributed by atoms with Crippen LogP contribution >= 0.6 is 0 Å². The van der Waals surface area contributed by atoms with E-state index in [2.05, 4.69) is 16.3 Å². The summed E-state index contributed by atoms with van der Waals surface area (Å²) in [6.45, 7) is 4.78. The molecule has 1 rings (SSSR count). The minimum absolute atomic E-state index is 0.0141. The summed E-state index contributed by atoms with van der Waals surface area (Å²) in [6.07, 6.45) is 0. The van der Waals surface area contributed by atoms with Crippen molar-refractivity contribution in [1.29, 1.82) is 5.26 Å². The predicted octanol–water partition coefficient (Wildman–Crippen LogP) is -0.393. The largest absolute Gasteiger partial charge is 0.302 e. The van der Waals surface area contributed by atoms with Crippen molar-refractivity contribution in [2.75, 3.05) is 31.6 Å².